The fraction of sp³-hybridized carbons (Fsp3) is 0.174. The maximum atomic E-state index is 12.8. The second-order valence-corrected chi connectivity index (χ2v) is 17.8. The molecule has 8 aromatic rings. The third-order valence-electron chi connectivity index (χ3n) is 11.1. The van der Waals surface area contributed by atoms with Crippen LogP contribution in [-0.4, -0.2) is 25.2 Å². The standard InChI is InChI=1S/C24H17ClN2O2S.C22H17ClN2O2S/c25-22-18(17-9-8-14-5-1-2-6-15(14)11-17)20-21(28)19(23(29)27-24(20)30-22)16-7-3-4-13(10-16)12-26;23-20-16(14-8-7-12-4-1-2-5-13(12)10-14)18-19(26)17(15-6-3-9-24-11-15)21(27)25-22(18)28-20/h3-4,7-11H,1-2,5-6H2,(H2,27,28,29);3,6-11H,1-2,4-5H2,(H2,25,26,27). The van der Waals surface area contributed by atoms with Crippen LogP contribution in [0.15, 0.2) is 94.8 Å². The van der Waals surface area contributed by atoms with Gasteiger partial charge in [-0.2, -0.15) is 5.26 Å². The van der Waals surface area contributed by atoms with E-state index in [1.165, 1.54) is 70.6 Å². The molecule has 0 amide bonds. The first-order valence-corrected chi connectivity index (χ1v) is 21.4. The van der Waals surface area contributed by atoms with Gasteiger partial charge in [0.25, 0.3) is 11.1 Å². The van der Waals surface area contributed by atoms with Gasteiger partial charge in [-0.25, -0.2) is 0 Å². The number of hydrogen-bond donors (Lipinski definition) is 4. The molecule has 4 N–H and O–H groups in total. The number of H-pyrrole nitrogens is 2. The molecular formula is C46H34Cl2N4O4S2. The third kappa shape index (κ3) is 6.78. The topological polar surface area (TPSA) is 143 Å². The highest BCUT2D eigenvalue weighted by atomic mass is 35.5. The Hall–Kier alpha value is -5.70. The number of fused-ring (bicyclic) bond motifs is 4. The molecule has 0 fully saturated rings. The predicted molar refractivity (Wildman–Crippen MR) is 236 cm³/mol. The number of pyridine rings is 3. The molecule has 3 aromatic carbocycles. The minimum atomic E-state index is -0.412. The van der Waals surface area contributed by atoms with E-state index in [9.17, 15) is 25.1 Å². The summed E-state index contributed by atoms with van der Waals surface area (Å²) in [7, 11) is 0. The number of nitrogens with one attached hydrogen (secondary N) is 2. The average molecular weight is 842 g/mol. The van der Waals surface area contributed by atoms with Gasteiger partial charge in [0, 0.05) is 29.1 Å². The number of nitriles is 1. The van der Waals surface area contributed by atoms with Crippen LogP contribution in [0.2, 0.25) is 8.67 Å². The quantitative estimate of drug-likeness (QED) is 0.139. The zero-order valence-electron chi connectivity index (χ0n) is 30.9. The van der Waals surface area contributed by atoms with Crippen molar-refractivity contribution in [3.05, 3.63) is 142 Å². The molecule has 5 heterocycles. The maximum Gasteiger partial charge on any atom is 0.260 e. The highest BCUT2D eigenvalue weighted by Gasteiger charge is 2.25. The molecule has 0 spiro atoms. The van der Waals surface area contributed by atoms with E-state index in [1.54, 1.807) is 48.8 Å². The van der Waals surface area contributed by atoms with E-state index in [1.807, 2.05) is 6.07 Å². The van der Waals surface area contributed by atoms with Crippen molar-refractivity contribution in [3.63, 3.8) is 0 Å². The van der Waals surface area contributed by atoms with Gasteiger partial charge in [0.2, 0.25) is 0 Å². The lowest BCUT2D eigenvalue weighted by Gasteiger charge is -2.17. The van der Waals surface area contributed by atoms with Crippen LogP contribution in [0.25, 0.3) is 64.9 Å². The van der Waals surface area contributed by atoms with E-state index >= 15 is 0 Å². The van der Waals surface area contributed by atoms with Crippen LogP contribution in [0.4, 0.5) is 0 Å². The number of benzene rings is 3. The molecule has 8 nitrogen and oxygen atoms in total. The largest absolute Gasteiger partial charge is 0.506 e. The first-order valence-electron chi connectivity index (χ1n) is 19.0. The summed E-state index contributed by atoms with van der Waals surface area (Å²) in [6, 6.07) is 25.0. The van der Waals surface area contributed by atoms with Crippen LogP contribution < -0.4 is 11.1 Å². The molecule has 12 heteroatoms. The summed E-state index contributed by atoms with van der Waals surface area (Å²) < 4.78 is 1.08. The van der Waals surface area contributed by atoms with Crippen molar-refractivity contribution in [2.24, 2.45) is 0 Å². The smallest absolute Gasteiger partial charge is 0.260 e. The van der Waals surface area contributed by atoms with Crippen LogP contribution in [-0.2, 0) is 25.7 Å². The molecule has 2 aliphatic carbocycles. The number of aromatic nitrogens is 3. The lowest BCUT2D eigenvalue weighted by atomic mass is 9.89. The highest BCUT2D eigenvalue weighted by Crippen LogP contribution is 2.49. The first kappa shape index (κ1) is 37.9. The number of rotatable bonds is 4. The lowest BCUT2D eigenvalue weighted by Crippen LogP contribution is -2.08. The Balaban J connectivity index is 0.000000151. The molecule has 0 saturated heterocycles. The van der Waals surface area contributed by atoms with Gasteiger partial charge in [-0.1, -0.05) is 77.8 Å². The minimum absolute atomic E-state index is 0.0531. The second kappa shape index (κ2) is 15.6. The summed E-state index contributed by atoms with van der Waals surface area (Å²) in [5.74, 6) is -0.165. The van der Waals surface area contributed by atoms with E-state index in [0.29, 0.717) is 45.8 Å². The Bertz CT molecular complexity index is 3090. The Morgan fingerprint density at radius 3 is 1.59 bits per heavy atom. The number of halogens is 2. The molecule has 0 unspecified atom stereocenters. The van der Waals surface area contributed by atoms with Gasteiger partial charge in [0.1, 0.15) is 29.8 Å². The molecule has 0 aliphatic heterocycles. The van der Waals surface area contributed by atoms with Crippen LogP contribution in [0.3, 0.4) is 0 Å². The Labute approximate surface area is 350 Å². The monoisotopic (exact) mass is 840 g/mol. The van der Waals surface area contributed by atoms with Gasteiger partial charge < -0.3 is 20.2 Å². The number of nitrogens with zero attached hydrogens (tertiary/aromatic N) is 2. The molecule has 58 heavy (non-hydrogen) atoms. The minimum Gasteiger partial charge on any atom is -0.506 e. The van der Waals surface area contributed by atoms with E-state index in [2.05, 4.69) is 51.4 Å². The number of aromatic amines is 2. The van der Waals surface area contributed by atoms with Crippen LogP contribution in [0.1, 0.15) is 53.5 Å². The zero-order valence-corrected chi connectivity index (χ0v) is 34.1. The van der Waals surface area contributed by atoms with E-state index < -0.39 is 5.56 Å². The van der Waals surface area contributed by atoms with Crippen LogP contribution in [0.5, 0.6) is 11.5 Å². The van der Waals surface area contributed by atoms with Crippen molar-refractivity contribution in [3.8, 4) is 62.1 Å². The summed E-state index contributed by atoms with van der Waals surface area (Å²) in [4.78, 5) is 36.3. The molecule has 0 bridgehead atoms. The Kier molecular flexibility index (Phi) is 10.2. The van der Waals surface area contributed by atoms with Crippen LogP contribution >= 0.6 is 45.9 Å². The summed E-state index contributed by atoms with van der Waals surface area (Å²) >= 11 is 15.7. The summed E-state index contributed by atoms with van der Waals surface area (Å²) in [5.41, 5.74) is 9.91. The number of thiophene rings is 2. The fourth-order valence-electron chi connectivity index (χ4n) is 8.32. The Morgan fingerprint density at radius 1 is 0.603 bits per heavy atom. The van der Waals surface area contributed by atoms with Gasteiger partial charge in [-0.15, -0.1) is 22.7 Å². The normalized spacial score (nSPS) is 13.4. The average Bonchev–Trinajstić information content (AvgIpc) is 3.76. The van der Waals surface area contributed by atoms with Gasteiger partial charge in [0.15, 0.2) is 0 Å². The van der Waals surface area contributed by atoms with Crippen molar-refractivity contribution in [2.45, 2.75) is 51.4 Å². The lowest BCUT2D eigenvalue weighted by molar-refractivity contribution is 0.482. The number of hydrogen-bond acceptors (Lipinski definition) is 8. The third-order valence-corrected chi connectivity index (χ3v) is 13.7. The summed E-state index contributed by atoms with van der Waals surface area (Å²) in [5, 5.41) is 32.6. The van der Waals surface area contributed by atoms with Crippen molar-refractivity contribution < 1.29 is 10.2 Å². The second-order valence-electron chi connectivity index (χ2n) is 14.6. The van der Waals surface area contributed by atoms with E-state index in [-0.39, 0.29) is 28.2 Å². The summed E-state index contributed by atoms with van der Waals surface area (Å²) in [6.07, 6.45) is 12.3. The molecule has 0 atom stereocenters. The molecule has 0 saturated carbocycles. The van der Waals surface area contributed by atoms with Crippen LogP contribution in [0, 0.1) is 11.3 Å². The molecule has 5 aromatic heterocycles. The van der Waals surface area contributed by atoms with E-state index in [0.717, 1.165) is 47.9 Å². The van der Waals surface area contributed by atoms with Gasteiger partial charge in [0.05, 0.1) is 33.5 Å². The number of aromatic hydroxyl groups is 2. The van der Waals surface area contributed by atoms with Gasteiger partial charge in [-0.05, 0) is 109 Å². The maximum absolute atomic E-state index is 12.8. The molecule has 2 aliphatic rings. The Morgan fingerprint density at radius 2 is 1.09 bits per heavy atom. The molecule has 0 radical (unpaired) electrons. The van der Waals surface area contributed by atoms with Crippen molar-refractivity contribution in [2.75, 3.05) is 0 Å². The fourth-order valence-corrected chi connectivity index (χ4v) is 11.1. The molecule has 288 valence electrons. The van der Waals surface area contributed by atoms with Gasteiger partial charge in [-0.3, -0.25) is 14.6 Å². The predicted octanol–water partition coefficient (Wildman–Crippen LogP) is 11.6. The van der Waals surface area contributed by atoms with Gasteiger partial charge >= 0.3 is 0 Å². The summed E-state index contributed by atoms with van der Waals surface area (Å²) in [6.45, 7) is 0. The van der Waals surface area contributed by atoms with Crippen molar-refractivity contribution in [1.82, 2.24) is 15.0 Å². The van der Waals surface area contributed by atoms with E-state index in [4.69, 9.17) is 23.2 Å². The van der Waals surface area contributed by atoms with Crippen molar-refractivity contribution >= 4 is 66.3 Å². The first-order chi connectivity index (χ1) is 28.2. The molecule has 10 rings (SSSR count). The SMILES string of the molecule is N#Cc1cccc(-c2c(O)c3c(-c4ccc5c(c4)CCCC5)c(Cl)sc3[nH]c2=O)c1.O=c1[nH]c2sc(Cl)c(-c3ccc4c(c3)CCCC4)c2c(O)c1-c1cccnc1. The van der Waals surface area contributed by atoms with Crippen molar-refractivity contribution in [1.29, 1.82) is 5.26 Å². The zero-order chi connectivity index (χ0) is 40.1. The number of aryl methyl sites for hydroxylation is 4. The highest BCUT2D eigenvalue weighted by molar-refractivity contribution is 7.23. The molecular weight excluding hydrogens is 808 g/mol.